The number of carbonyl (C=O) groups is 1. The molecule has 0 saturated carbocycles. The van der Waals surface area contributed by atoms with Crippen LogP contribution in [0.5, 0.6) is 0 Å². The molecule has 3 aromatic rings. The summed E-state index contributed by atoms with van der Waals surface area (Å²) in [6, 6.07) is 5.93. The van der Waals surface area contributed by atoms with Gasteiger partial charge in [-0.1, -0.05) is 17.6 Å². The zero-order chi connectivity index (χ0) is 19.5. The maximum Gasteiger partial charge on any atom is 0.258 e. The summed E-state index contributed by atoms with van der Waals surface area (Å²) in [5.74, 6) is -0.132. The van der Waals surface area contributed by atoms with Crippen molar-refractivity contribution in [1.82, 2.24) is 25.3 Å². The minimum atomic E-state index is -0.132. The van der Waals surface area contributed by atoms with Gasteiger partial charge in [-0.3, -0.25) is 14.7 Å². The number of hydrogen-bond donors (Lipinski definition) is 1. The van der Waals surface area contributed by atoms with Crippen LogP contribution in [0.2, 0.25) is 0 Å². The number of nitrogens with one attached hydrogen (secondary N) is 1. The Balaban J connectivity index is 1.57. The van der Waals surface area contributed by atoms with Crippen LogP contribution in [0.3, 0.4) is 0 Å². The molecule has 0 spiro atoms. The number of rotatable bonds is 5. The Bertz CT molecular complexity index is 964. The van der Waals surface area contributed by atoms with Gasteiger partial charge >= 0.3 is 0 Å². The van der Waals surface area contributed by atoms with Gasteiger partial charge in [0.25, 0.3) is 11.6 Å². The number of nitrogens with zero attached hydrogens (tertiary/aromatic N) is 4. The first-order valence-electron chi connectivity index (χ1n) is 9.79. The summed E-state index contributed by atoms with van der Waals surface area (Å²) in [5, 5.41) is 7.77. The second kappa shape index (κ2) is 8.06. The summed E-state index contributed by atoms with van der Waals surface area (Å²) in [6.07, 6.45) is 7.32. The van der Waals surface area contributed by atoms with E-state index >= 15 is 0 Å². The van der Waals surface area contributed by atoms with Crippen LogP contribution in [0, 0.1) is 13.8 Å². The molecule has 28 heavy (non-hydrogen) atoms. The third-order valence-corrected chi connectivity index (χ3v) is 5.35. The van der Waals surface area contributed by atoms with E-state index in [1.165, 1.54) is 19.3 Å². The first kappa shape index (κ1) is 18.6. The predicted octanol–water partition coefficient (Wildman–Crippen LogP) is 3.19. The molecule has 0 bridgehead atoms. The summed E-state index contributed by atoms with van der Waals surface area (Å²) in [7, 11) is 0. The number of aromatic nitrogens is 3. The third kappa shape index (κ3) is 3.75. The molecule has 0 radical (unpaired) electrons. The molecular formula is C21H25N5O2. The van der Waals surface area contributed by atoms with Gasteiger partial charge in [0, 0.05) is 24.6 Å². The molecule has 146 valence electrons. The smallest absolute Gasteiger partial charge is 0.258 e. The van der Waals surface area contributed by atoms with Crippen molar-refractivity contribution in [2.75, 3.05) is 19.6 Å². The molecule has 0 aliphatic carbocycles. The number of likely N-dealkylation sites (tertiary alicyclic amines) is 1. The van der Waals surface area contributed by atoms with Gasteiger partial charge in [0.1, 0.15) is 0 Å². The van der Waals surface area contributed by atoms with Gasteiger partial charge < -0.3 is 9.84 Å². The molecule has 1 atom stereocenters. The topological polar surface area (TPSA) is 84.2 Å². The highest BCUT2D eigenvalue weighted by Crippen LogP contribution is 2.25. The number of aryl methyl sites for hydroxylation is 2. The molecule has 1 aliphatic heterocycles. The highest BCUT2D eigenvalue weighted by Gasteiger charge is 2.24. The molecule has 3 aromatic heterocycles. The van der Waals surface area contributed by atoms with Crippen LogP contribution in [0.4, 0.5) is 0 Å². The quantitative estimate of drug-likeness (QED) is 0.733. The largest absolute Gasteiger partial charge is 0.350 e. The van der Waals surface area contributed by atoms with Crippen LogP contribution >= 0.6 is 0 Å². The van der Waals surface area contributed by atoms with Crippen molar-refractivity contribution >= 4 is 17.0 Å². The third-order valence-electron chi connectivity index (χ3n) is 5.35. The fourth-order valence-corrected chi connectivity index (χ4v) is 3.94. The van der Waals surface area contributed by atoms with Gasteiger partial charge in [0.05, 0.1) is 22.7 Å². The van der Waals surface area contributed by atoms with Gasteiger partial charge in [0.2, 0.25) is 0 Å². The average molecular weight is 379 g/mol. The number of pyridine rings is 2. The average Bonchev–Trinajstić information content (AvgIpc) is 3.09. The molecule has 7 nitrogen and oxygen atoms in total. The molecule has 7 heteroatoms. The Morgan fingerprint density at radius 2 is 2.11 bits per heavy atom. The lowest BCUT2D eigenvalue weighted by atomic mass is 10.0. The van der Waals surface area contributed by atoms with Crippen molar-refractivity contribution in [2.24, 2.45) is 0 Å². The maximum atomic E-state index is 13.0. The zero-order valence-electron chi connectivity index (χ0n) is 16.3. The van der Waals surface area contributed by atoms with E-state index in [9.17, 15) is 4.79 Å². The highest BCUT2D eigenvalue weighted by atomic mass is 16.5. The number of fused-ring (bicyclic) bond motifs is 1. The Morgan fingerprint density at radius 1 is 1.29 bits per heavy atom. The lowest BCUT2D eigenvalue weighted by Gasteiger charge is -2.34. The SMILES string of the molecule is Cc1cc(C(=O)NC[C@H](c2cccnc2)N2CCCCC2)c2c(C)noc2n1. The number of carbonyl (C=O) groups excluding carboxylic acids is 1. The van der Waals surface area contributed by atoms with Crippen LogP contribution < -0.4 is 5.32 Å². The summed E-state index contributed by atoms with van der Waals surface area (Å²) < 4.78 is 5.25. The van der Waals surface area contributed by atoms with Crippen molar-refractivity contribution in [3.63, 3.8) is 0 Å². The van der Waals surface area contributed by atoms with Crippen LogP contribution in [-0.2, 0) is 0 Å². The highest BCUT2D eigenvalue weighted by molar-refractivity contribution is 6.06. The molecule has 1 aliphatic rings. The number of piperidine rings is 1. The summed E-state index contributed by atoms with van der Waals surface area (Å²) >= 11 is 0. The van der Waals surface area contributed by atoms with Crippen molar-refractivity contribution in [3.8, 4) is 0 Å². The Labute approximate surface area is 164 Å². The van der Waals surface area contributed by atoms with Crippen molar-refractivity contribution in [3.05, 3.63) is 53.1 Å². The molecule has 1 N–H and O–H groups in total. The van der Waals surface area contributed by atoms with Crippen LogP contribution in [-0.4, -0.2) is 45.6 Å². The van der Waals surface area contributed by atoms with E-state index in [1.807, 2.05) is 26.1 Å². The number of hydrogen-bond acceptors (Lipinski definition) is 6. The van der Waals surface area contributed by atoms with E-state index < -0.39 is 0 Å². The fourth-order valence-electron chi connectivity index (χ4n) is 3.94. The van der Waals surface area contributed by atoms with E-state index in [-0.39, 0.29) is 11.9 Å². The van der Waals surface area contributed by atoms with Crippen LogP contribution in [0.25, 0.3) is 11.1 Å². The molecule has 0 unspecified atom stereocenters. The second-order valence-electron chi connectivity index (χ2n) is 7.37. The first-order chi connectivity index (χ1) is 13.6. The fraction of sp³-hybridized carbons (Fsp3) is 0.429. The first-order valence-corrected chi connectivity index (χ1v) is 9.79. The summed E-state index contributed by atoms with van der Waals surface area (Å²) in [6.45, 7) is 6.28. The van der Waals surface area contributed by atoms with Crippen molar-refractivity contribution in [2.45, 2.75) is 39.2 Å². The molecule has 4 rings (SSSR count). The maximum absolute atomic E-state index is 13.0. The monoisotopic (exact) mass is 379 g/mol. The molecule has 1 saturated heterocycles. The number of amides is 1. The van der Waals surface area contributed by atoms with Crippen molar-refractivity contribution in [1.29, 1.82) is 0 Å². The lowest BCUT2D eigenvalue weighted by molar-refractivity contribution is 0.0925. The van der Waals surface area contributed by atoms with E-state index in [0.29, 0.717) is 28.9 Å². The van der Waals surface area contributed by atoms with Gasteiger partial charge in [-0.15, -0.1) is 0 Å². The van der Waals surface area contributed by atoms with Gasteiger partial charge in [0.15, 0.2) is 0 Å². The van der Waals surface area contributed by atoms with E-state index in [4.69, 9.17) is 4.52 Å². The zero-order valence-corrected chi connectivity index (χ0v) is 16.3. The Kier molecular flexibility index (Phi) is 5.34. The second-order valence-corrected chi connectivity index (χ2v) is 7.37. The molecule has 1 amide bonds. The van der Waals surface area contributed by atoms with Crippen LogP contribution in [0.1, 0.15) is 52.6 Å². The molecule has 0 aromatic carbocycles. The minimum Gasteiger partial charge on any atom is -0.350 e. The minimum absolute atomic E-state index is 0.111. The van der Waals surface area contributed by atoms with Gasteiger partial charge in [-0.2, -0.15) is 0 Å². The Morgan fingerprint density at radius 3 is 2.86 bits per heavy atom. The summed E-state index contributed by atoms with van der Waals surface area (Å²) in [4.78, 5) is 24.1. The standard InChI is InChI=1S/C21H25N5O2/c1-14-11-17(19-15(2)25-28-21(19)24-14)20(27)23-13-18(16-7-6-8-22-12-16)26-9-4-3-5-10-26/h6-8,11-12,18H,3-5,9-10,13H2,1-2H3,(H,23,27)/t18-/m1/s1. The van der Waals surface area contributed by atoms with Gasteiger partial charge in [-0.25, -0.2) is 4.98 Å². The predicted molar refractivity (Wildman–Crippen MR) is 106 cm³/mol. The Hall–Kier alpha value is -2.80. The summed E-state index contributed by atoms with van der Waals surface area (Å²) in [5.41, 5.74) is 3.50. The molecule has 4 heterocycles. The van der Waals surface area contributed by atoms with Gasteiger partial charge in [-0.05, 0) is 57.5 Å². The molecular weight excluding hydrogens is 354 g/mol. The van der Waals surface area contributed by atoms with E-state index in [1.54, 1.807) is 12.3 Å². The molecule has 1 fully saturated rings. The van der Waals surface area contributed by atoms with E-state index in [0.717, 1.165) is 24.3 Å². The van der Waals surface area contributed by atoms with Crippen LogP contribution in [0.15, 0.2) is 35.1 Å². The normalized spacial score (nSPS) is 16.2. The van der Waals surface area contributed by atoms with E-state index in [2.05, 4.69) is 31.4 Å². The lowest BCUT2D eigenvalue weighted by Crippen LogP contribution is -2.40. The van der Waals surface area contributed by atoms with Crippen molar-refractivity contribution < 1.29 is 9.32 Å².